The van der Waals surface area contributed by atoms with E-state index < -0.39 is 41.1 Å². The van der Waals surface area contributed by atoms with Crippen LogP contribution in [0.25, 0.3) is 11.1 Å². The Kier molecular flexibility index (Phi) is 9.07. The second-order valence-electron chi connectivity index (χ2n) is 9.77. The number of benzene rings is 3. The molecule has 1 atom stereocenters. The van der Waals surface area contributed by atoms with Crippen molar-refractivity contribution in [2.75, 3.05) is 6.61 Å². The molecule has 0 heterocycles. The lowest BCUT2D eigenvalue weighted by Crippen LogP contribution is -2.23. The molecule has 206 valence electrons. The van der Waals surface area contributed by atoms with Crippen molar-refractivity contribution >= 4 is 5.97 Å². The molecule has 4 nitrogen and oxygen atoms in total. The highest BCUT2D eigenvalue weighted by Gasteiger charge is 2.28. The normalized spacial score (nSPS) is 17.9. The molecule has 1 aliphatic carbocycles. The third-order valence-electron chi connectivity index (χ3n) is 7.23. The molecule has 3 aromatic rings. The molecule has 1 N–H and O–H groups in total. The summed E-state index contributed by atoms with van der Waals surface area (Å²) in [6.07, 6.45) is 4.47. The fourth-order valence-electron chi connectivity index (χ4n) is 4.92. The smallest absolute Gasteiger partial charge is 0.343 e. The summed E-state index contributed by atoms with van der Waals surface area (Å²) < 4.78 is 68.9. The topological polar surface area (TPSA) is 55.8 Å². The lowest BCUT2D eigenvalue weighted by Gasteiger charge is -2.30. The molecule has 1 fully saturated rings. The molecule has 1 unspecified atom stereocenters. The van der Waals surface area contributed by atoms with Crippen molar-refractivity contribution in [1.29, 1.82) is 0 Å². The average Bonchev–Trinajstić information content (AvgIpc) is 2.94. The van der Waals surface area contributed by atoms with Gasteiger partial charge in [-0.05, 0) is 86.3 Å². The second kappa shape index (κ2) is 12.5. The van der Waals surface area contributed by atoms with Crippen LogP contribution >= 0.6 is 0 Å². The van der Waals surface area contributed by atoms with Gasteiger partial charge in [0, 0.05) is 5.56 Å². The van der Waals surface area contributed by atoms with Crippen LogP contribution in [0.1, 0.15) is 60.9 Å². The number of carbonyl (C=O) groups excluding carboxylic acids is 1. The van der Waals surface area contributed by atoms with Gasteiger partial charge in [0.2, 0.25) is 11.6 Å². The molecule has 0 bridgehead atoms. The van der Waals surface area contributed by atoms with E-state index in [1.54, 1.807) is 19.1 Å². The highest BCUT2D eigenvalue weighted by atomic mass is 19.2. The number of ether oxygens (including phenoxy) is 2. The summed E-state index contributed by atoms with van der Waals surface area (Å²) in [6, 6.07) is 10.9. The molecular formula is C31H30F4O4. The highest BCUT2D eigenvalue weighted by molar-refractivity contribution is 5.91. The Bertz CT molecular complexity index is 1330. The first-order valence-electron chi connectivity index (χ1n) is 12.9. The molecule has 3 aromatic carbocycles. The third-order valence-corrected chi connectivity index (χ3v) is 7.23. The first kappa shape index (κ1) is 28.4. The minimum Gasteiger partial charge on any atom is -0.490 e. The molecule has 0 radical (unpaired) electrons. The summed E-state index contributed by atoms with van der Waals surface area (Å²) in [7, 11) is 0. The van der Waals surface area contributed by atoms with Crippen LogP contribution < -0.4 is 9.47 Å². The summed E-state index contributed by atoms with van der Waals surface area (Å²) in [5.41, 5.74) is 0.712. The van der Waals surface area contributed by atoms with E-state index in [4.69, 9.17) is 9.47 Å². The van der Waals surface area contributed by atoms with E-state index in [1.807, 2.05) is 0 Å². The van der Waals surface area contributed by atoms with E-state index in [0.29, 0.717) is 30.4 Å². The van der Waals surface area contributed by atoms with Crippen molar-refractivity contribution in [3.63, 3.8) is 0 Å². The van der Waals surface area contributed by atoms with Crippen LogP contribution in [0, 0.1) is 29.2 Å². The van der Waals surface area contributed by atoms with Crippen molar-refractivity contribution in [3.05, 3.63) is 95.6 Å². The van der Waals surface area contributed by atoms with E-state index in [0.717, 1.165) is 25.0 Å². The van der Waals surface area contributed by atoms with Gasteiger partial charge in [-0.15, -0.1) is 6.58 Å². The fourth-order valence-corrected chi connectivity index (χ4v) is 4.92. The maximum absolute atomic E-state index is 15.1. The summed E-state index contributed by atoms with van der Waals surface area (Å²) in [5, 5.41) is 9.79. The van der Waals surface area contributed by atoms with Gasteiger partial charge in [-0.1, -0.05) is 30.3 Å². The monoisotopic (exact) mass is 542 g/mol. The van der Waals surface area contributed by atoms with E-state index in [1.165, 1.54) is 30.3 Å². The number of esters is 1. The SMILES string of the molecule is C=CCCOc1ccc(OC(=O)c2ccc(-c3ccc(C4CCC(C(C)O)CC4)c(F)c3F)cc2)c(F)c1F. The van der Waals surface area contributed by atoms with Gasteiger partial charge in [0.05, 0.1) is 18.3 Å². The van der Waals surface area contributed by atoms with E-state index in [9.17, 15) is 18.7 Å². The van der Waals surface area contributed by atoms with Gasteiger partial charge < -0.3 is 14.6 Å². The van der Waals surface area contributed by atoms with Crippen LogP contribution in [0.5, 0.6) is 11.5 Å². The van der Waals surface area contributed by atoms with Crippen LogP contribution in [0.2, 0.25) is 0 Å². The summed E-state index contributed by atoms with van der Waals surface area (Å²) in [6.45, 7) is 5.39. The van der Waals surface area contributed by atoms with Gasteiger partial charge >= 0.3 is 5.97 Å². The number of carbonyl (C=O) groups is 1. The van der Waals surface area contributed by atoms with E-state index in [2.05, 4.69) is 6.58 Å². The van der Waals surface area contributed by atoms with E-state index >= 15 is 8.78 Å². The van der Waals surface area contributed by atoms with Crippen LogP contribution in [0.15, 0.2) is 61.2 Å². The van der Waals surface area contributed by atoms with Gasteiger partial charge in [-0.25, -0.2) is 13.6 Å². The molecule has 0 aromatic heterocycles. The second-order valence-corrected chi connectivity index (χ2v) is 9.77. The lowest BCUT2D eigenvalue weighted by atomic mass is 9.76. The Balaban J connectivity index is 1.45. The number of rotatable bonds is 9. The van der Waals surface area contributed by atoms with Gasteiger partial charge in [-0.2, -0.15) is 8.78 Å². The minimum absolute atomic E-state index is 0.0113. The van der Waals surface area contributed by atoms with Crippen molar-refractivity contribution in [2.24, 2.45) is 5.92 Å². The number of halogens is 4. The molecule has 39 heavy (non-hydrogen) atoms. The fraction of sp³-hybridized carbons (Fsp3) is 0.323. The zero-order valence-electron chi connectivity index (χ0n) is 21.6. The number of hydrogen-bond acceptors (Lipinski definition) is 4. The van der Waals surface area contributed by atoms with Crippen LogP contribution in [0.3, 0.4) is 0 Å². The number of aliphatic hydroxyl groups excluding tert-OH is 1. The molecule has 8 heteroatoms. The maximum atomic E-state index is 15.1. The molecule has 1 saturated carbocycles. The van der Waals surface area contributed by atoms with Crippen LogP contribution in [-0.4, -0.2) is 23.8 Å². The lowest BCUT2D eigenvalue weighted by molar-refractivity contribution is 0.0726. The van der Waals surface area contributed by atoms with Crippen molar-refractivity contribution < 1.29 is 36.9 Å². The van der Waals surface area contributed by atoms with Crippen LogP contribution in [-0.2, 0) is 0 Å². The summed E-state index contributed by atoms with van der Waals surface area (Å²) in [5.74, 6) is -6.33. The Morgan fingerprint density at radius 3 is 2.21 bits per heavy atom. The van der Waals surface area contributed by atoms with E-state index in [-0.39, 0.29) is 35.3 Å². The van der Waals surface area contributed by atoms with Crippen LogP contribution in [0.4, 0.5) is 17.6 Å². The Labute approximate surface area is 224 Å². The Hall–Kier alpha value is -3.65. The average molecular weight is 543 g/mol. The summed E-state index contributed by atoms with van der Waals surface area (Å²) in [4.78, 5) is 12.5. The predicted octanol–water partition coefficient (Wildman–Crippen LogP) is 7.74. The molecule has 0 spiro atoms. The number of hydrogen-bond donors (Lipinski definition) is 1. The maximum Gasteiger partial charge on any atom is 0.343 e. The largest absolute Gasteiger partial charge is 0.490 e. The third kappa shape index (κ3) is 6.33. The molecule has 4 rings (SSSR count). The minimum atomic E-state index is -1.37. The first-order valence-corrected chi connectivity index (χ1v) is 12.9. The van der Waals surface area contributed by atoms with Crippen molar-refractivity contribution in [2.45, 2.75) is 51.0 Å². The zero-order valence-corrected chi connectivity index (χ0v) is 21.6. The first-order chi connectivity index (χ1) is 18.7. The number of aliphatic hydroxyl groups is 1. The van der Waals surface area contributed by atoms with Gasteiger partial charge in [-0.3, -0.25) is 0 Å². The Morgan fingerprint density at radius 1 is 0.923 bits per heavy atom. The molecule has 0 saturated heterocycles. The summed E-state index contributed by atoms with van der Waals surface area (Å²) >= 11 is 0. The van der Waals surface area contributed by atoms with Crippen molar-refractivity contribution in [1.82, 2.24) is 0 Å². The standard InChI is InChI=1S/C31H30F4O4/c1-3-4-17-38-25-15-16-26(30(35)29(25)34)39-31(37)22-11-9-21(10-12-22)24-14-13-23(27(32)28(24)33)20-7-5-19(6-8-20)18(2)36/h3,9-16,18-20,36H,1,4-8,17H2,2H3. The highest BCUT2D eigenvalue weighted by Crippen LogP contribution is 2.40. The predicted molar refractivity (Wildman–Crippen MR) is 140 cm³/mol. The van der Waals surface area contributed by atoms with Gasteiger partial charge in [0.15, 0.2) is 23.1 Å². The molecule has 0 amide bonds. The Morgan fingerprint density at radius 2 is 1.56 bits per heavy atom. The molecule has 1 aliphatic rings. The quantitative estimate of drug-likeness (QED) is 0.0988. The zero-order chi connectivity index (χ0) is 28.1. The van der Waals surface area contributed by atoms with Gasteiger partial charge in [0.25, 0.3) is 0 Å². The van der Waals surface area contributed by atoms with Gasteiger partial charge in [0.1, 0.15) is 0 Å². The molecule has 0 aliphatic heterocycles. The molecular weight excluding hydrogens is 512 g/mol. The van der Waals surface area contributed by atoms with Crippen molar-refractivity contribution in [3.8, 4) is 22.6 Å².